The third-order valence-corrected chi connectivity index (χ3v) is 5.03. The second-order valence-electron chi connectivity index (χ2n) is 5.54. The van der Waals surface area contributed by atoms with E-state index in [1.54, 1.807) is 30.0 Å². The molecule has 2 amide bonds. The van der Waals surface area contributed by atoms with Gasteiger partial charge in [0.05, 0.1) is 0 Å². The minimum absolute atomic E-state index is 0.127. The number of nitrogens with zero attached hydrogens (tertiary/aromatic N) is 1. The van der Waals surface area contributed by atoms with Gasteiger partial charge in [-0.3, -0.25) is 9.59 Å². The minimum atomic E-state index is -0.450. The van der Waals surface area contributed by atoms with E-state index in [0.29, 0.717) is 13.1 Å². The van der Waals surface area contributed by atoms with Crippen molar-refractivity contribution in [3.05, 3.63) is 53.2 Å². The van der Waals surface area contributed by atoms with Crippen molar-refractivity contribution < 1.29 is 14.0 Å². The van der Waals surface area contributed by atoms with E-state index in [4.69, 9.17) is 0 Å². The second kappa shape index (κ2) is 6.97. The van der Waals surface area contributed by atoms with Gasteiger partial charge < -0.3 is 10.2 Å². The number of hydrogen-bond donors (Lipinski definition) is 1. The molecule has 0 aliphatic carbocycles. The van der Waals surface area contributed by atoms with Crippen LogP contribution in [-0.4, -0.2) is 35.8 Å². The molecular formula is C18H17FN2O2S. The fourth-order valence-corrected chi connectivity index (χ4v) is 3.46. The third kappa shape index (κ3) is 3.54. The number of rotatable bonds is 3. The SMILES string of the molecule is CC1C(=O)NCCN1C(=O)/C=C/c1ccc(-c2ccc(F)cc2)s1. The zero-order valence-corrected chi connectivity index (χ0v) is 14.0. The van der Waals surface area contributed by atoms with Crippen molar-refractivity contribution in [2.45, 2.75) is 13.0 Å². The first-order valence-corrected chi connectivity index (χ1v) is 8.48. The van der Waals surface area contributed by atoms with Crippen LogP contribution >= 0.6 is 11.3 Å². The number of piperazine rings is 1. The molecule has 3 rings (SSSR count). The molecule has 1 aliphatic rings. The highest BCUT2D eigenvalue weighted by Crippen LogP contribution is 2.29. The van der Waals surface area contributed by atoms with Crippen molar-refractivity contribution >= 4 is 29.2 Å². The van der Waals surface area contributed by atoms with Crippen molar-refractivity contribution in [1.82, 2.24) is 10.2 Å². The van der Waals surface area contributed by atoms with Crippen LogP contribution in [0.2, 0.25) is 0 Å². The summed E-state index contributed by atoms with van der Waals surface area (Å²) in [7, 11) is 0. The average Bonchev–Trinajstić information content (AvgIpc) is 3.05. The van der Waals surface area contributed by atoms with Gasteiger partial charge in [-0.05, 0) is 42.8 Å². The molecule has 6 heteroatoms. The summed E-state index contributed by atoms with van der Waals surface area (Å²) in [5.41, 5.74) is 0.939. The molecule has 1 aromatic heterocycles. The molecule has 24 heavy (non-hydrogen) atoms. The summed E-state index contributed by atoms with van der Waals surface area (Å²) in [6, 6.07) is 9.72. The third-order valence-electron chi connectivity index (χ3n) is 3.93. The number of halogens is 1. The summed E-state index contributed by atoms with van der Waals surface area (Å²) in [4.78, 5) is 27.4. The molecule has 1 atom stereocenters. The minimum Gasteiger partial charge on any atom is -0.353 e. The van der Waals surface area contributed by atoms with E-state index in [9.17, 15) is 14.0 Å². The first-order chi connectivity index (χ1) is 11.5. The fraction of sp³-hybridized carbons (Fsp3) is 0.222. The topological polar surface area (TPSA) is 49.4 Å². The summed E-state index contributed by atoms with van der Waals surface area (Å²) < 4.78 is 13.0. The Morgan fingerprint density at radius 1 is 1.29 bits per heavy atom. The van der Waals surface area contributed by atoms with Crippen molar-refractivity contribution in [3.63, 3.8) is 0 Å². The molecule has 2 heterocycles. The predicted octanol–water partition coefficient (Wildman–Crippen LogP) is 2.91. The Labute approximate surface area is 143 Å². The first kappa shape index (κ1) is 16.4. The van der Waals surface area contributed by atoms with Crippen LogP contribution in [0.25, 0.3) is 16.5 Å². The molecular weight excluding hydrogens is 327 g/mol. The van der Waals surface area contributed by atoms with Crippen LogP contribution in [0.15, 0.2) is 42.5 Å². The summed E-state index contributed by atoms with van der Waals surface area (Å²) in [5, 5.41) is 2.73. The van der Waals surface area contributed by atoms with E-state index < -0.39 is 6.04 Å². The molecule has 0 saturated carbocycles. The van der Waals surface area contributed by atoms with E-state index >= 15 is 0 Å². The lowest BCUT2D eigenvalue weighted by atomic mass is 10.2. The highest BCUT2D eigenvalue weighted by atomic mass is 32.1. The van der Waals surface area contributed by atoms with Crippen molar-refractivity contribution in [1.29, 1.82) is 0 Å². The number of nitrogens with one attached hydrogen (secondary N) is 1. The van der Waals surface area contributed by atoms with Crippen molar-refractivity contribution in [2.75, 3.05) is 13.1 Å². The number of benzene rings is 1. The largest absolute Gasteiger partial charge is 0.353 e. The zero-order chi connectivity index (χ0) is 17.1. The molecule has 0 bridgehead atoms. The van der Waals surface area contributed by atoms with Crippen molar-refractivity contribution in [2.24, 2.45) is 0 Å². The van der Waals surface area contributed by atoms with Gasteiger partial charge in [-0.1, -0.05) is 12.1 Å². The molecule has 2 aromatic rings. The maximum atomic E-state index is 13.0. The Morgan fingerprint density at radius 3 is 2.79 bits per heavy atom. The molecule has 1 fully saturated rings. The molecule has 124 valence electrons. The van der Waals surface area contributed by atoms with E-state index in [0.717, 1.165) is 15.3 Å². The second-order valence-corrected chi connectivity index (χ2v) is 6.66. The van der Waals surface area contributed by atoms with Crippen LogP contribution in [0.1, 0.15) is 11.8 Å². The Kier molecular flexibility index (Phi) is 4.76. The number of amides is 2. The van der Waals surface area contributed by atoms with E-state index in [2.05, 4.69) is 5.32 Å². The Hall–Kier alpha value is -2.47. The number of thiophene rings is 1. The molecule has 1 N–H and O–H groups in total. The van der Waals surface area contributed by atoms with Gasteiger partial charge in [0.1, 0.15) is 11.9 Å². The maximum absolute atomic E-state index is 13.0. The lowest BCUT2D eigenvalue weighted by molar-refractivity contribution is -0.139. The van der Waals surface area contributed by atoms with Crippen molar-refractivity contribution in [3.8, 4) is 10.4 Å². The lowest BCUT2D eigenvalue weighted by Crippen LogP contribution is -2.55. The number of hydrogen-bond acceptors (Lipinski definition) is 3. The lowest BCUT2D eigenvalue weighted by Gasteiger charge is -2.31. The Morgan fingerprint density at radius 2 is 2.04 bits per heavy atom. The zero-order valence-electron chi connectivity index (χ0n) is 13.2. The van der Waals surface area contributed by atoms with E-state index in [1.807, 2.05) is 12.1 Å². The molecule has 0 spiro atoms. The van der Waals surface area contributed by atoms with Crippen LogP contribution in [0.5, 0.6) is 0 Å². The van der Waals surface area contributed by atoms with Gasteiger partial charge in [0.25, 0.3) is 0 Å². The Bertz CT molecular complexity index is 783. The fourth-order valence-electron chi connectivity index (χ4n) is 2.54. The average molecular weight is 344 g/mol. The van der Waals surface area contributed by atoms with Gasteiger partial charge in [0.15, 0.2) is 0 Å². The summed E-state index contributed by atoms with van der Waals surface area (Å²) in [6.07, 6.45) is 3.24. The standard InChI is InChI=1S/C18H17FN2O2S/c1-12-18(23)20-10-11-21(12)17(22)9-7-15-6-8-16(24-15)13-2-4-14(19)5-3-13/h2-9,12H,10-11H2,1H3,(H,20,23)/b9-7+. The first-order valence-electron chi connectivity index (χ1n) is 7.67. The van der Waals surface area contributed by atoms with E-state index in [1.165, 1.54) is 29.5 Å². The van der Waals surface area contributed by atoms with Gasteiger partial charge >= 0.3 is 0 Å². The van der Waals surface area contributed by atoms with Gasteiger partial charge in [0.2, 0.25) is 11.8 Å². The summed E-state index contributed by atoms with van der Waals surface area (Å²) >= 11 is 1.52. The van der Waals surface area contributed by atoms with Crippen LogP contribution < -0.4 is 5.32 Å². The Balaban J connectivity index is 1.70. The monoisotopic (exact) mass is 344 g/mol. The maximum Gasteiger partial charge on any atom is 0.247 e. The number of carbonyl (C=O) groups is 2. The number of carbonyl (C=O) groups excluding carboxylic acids is 2. The van der Waals surface area contributed by atoms with Crippen LogP contribution in [0.3, 0.4) is 0 Å². The summed E-state index contributed by atoms with van der Waals surface area (Å²) in [6.45, 7) is 2.72. The molecule has 1 aliphatic heterocycles. The predicted molar refractivity (Wildman–Crippen MR) is 92.9 cm³/mol. The molecule has 1 aromatic carbocycles. The van der Waals surface area contributed by atoms with Crippen LogP contribution in [0, 0.1) is 5.82 Å². The van der Waals surface area contributed by atoms with Crippen LogP contribution in [0.4, 0.5) is 4.39 Å². The molecule has 4 nitrogen and oxygen atoms in total. The molecule has 0 radical (unpaired) electrons. The normalized spacial score (nSPS) is 18.0. The highest BCUT2D eigenvalue weighted by molar-refractivity contribution is 7.16. The molecule has 1 unspecified atom stereocenters. The van der Waals surface area contributed by atoms with Gasteiger partial charge in [-0.25, -0.2) is 4.39 Å². The highest BCUT2D eigenvalue weighted by Gasteiger charge is 2.27. The van der Waals surface area contributed by atoms with E-state index in [-0.39, 0.29) is 17.6 Å². The van der Waals surface area contributed by atoms with Crippen LogP contribution in [-0.2, 0) is 9.59 Å². The van der Waals surface area contributed by atoms with Gasteiger partial charge in [-0.2, -0.15) is 0 Å². The smallest absolute Gasteiger partial charge is 0.247 e. The van der Waals surface area contributed by atoms with Gasteiger partial charge in [-0.15, -0.1) is 11.3 Å². The van der Waals surface area contributed by atoms with Gasteiger partial charge in [0, 0.05) is 28.9 Å². The summed E-state index contributed by atoms with van der Waals surface area (Å²) in [5.74, 6) is -0.562. The quantitative estimate of drug-likeness (QED) is 0.871. The molecule has 1 saturated heterocycles.